The van der Waals surface area contributed by atoms with E-state index in [2.05, 4.69) is 5.32 Å². The molecule has 6 heteroatoms. The molecular weight excluding hydrogens is 311 g/mol. The fraction of sp³-hybridized carbons (Fsp3) is 0.611. The third kappa shape index (κ3) is 5.85. The van der Waals surface area contributed by atoms with Crippen LogP contribution in [-0.2, 0) is 9.53 Å². The van der Waals surface area contributed by atoms with Gasteiger partial charge in [-0.1, -0.05) is 26.0 Å². The van der Waals surface area contributed by atoms with E-state index in [-0.39, 0.29) is 24.3 Å². The molecule has 1 aliphatic heterocycles. The Hall–Kier alpha value is -1.50. The summed E-state index contributed by atoms with van der Waals surface area (Å²) < 4.78 is 18.4. The third-order valence-corrected chi connectivity index (χ3v) is 4.01. The fourth-order valence-corrected chi connectivity index (χ4v) is 2.81. The number of rotatable bonds is 7. The summed E-state index contributed by atoms with van der Waals surface area (Å²) >= 11 is 0. The van der Waals surface area contributed by atoms with Crippen LogP contribution in [0.2, 0.25) is 0 Å². The molecule has 1 aromatic rings. The maximum absolute atomic E-state index is 13.0. The average molecular weight is 338 g/mol. The Balaban J connectivity index is 1.98. The van der Waals surface area contributed by atoms with Crippen molar-refractivity contribution in [3.05, 3.63) is 35.6 Å². The van der Waals surface area contributed by atoms with Crippen LogP contribution in [0.3, 0.4) is 0 Å². The highest BCUT2D eigenvalue weighted by molar-refractivity contribution is 5.77. The van der Waals surface area contributed by atoms with Crippen molar-refractivity contribution in [2.75, 3.05) is 32.8 Å². The van der Waals surface area contributed by atoms with Gasteiger partial charge in [0.2, 0.25) is 5.91 Å². The quantitative estimate of drug-likeness (QED) is 0.795. The maximum atomic E-state index is 13.0. The first-order valence-corrected chi connectivity index (χ1v) is 8.48. The molecule has 1 heterocycles. The van der Waals surface area contributed by atoms with Crippen molar-refractivity contribution in [2.45, 2.75) is 32.4 Å². The van der Waals surface area contributed by atoms with Crippen LogP contribution in [0, 0.1) is 11.7 Å². The molecule has 24 heavy (non-hydrogen) atoms. The number of carbonyl (C=O) groups excluding carboxylic acids is 1. The lowest BCUT2D eigenvalue weighted by Gasteiger charge is -2.30. The smallest absolute Gasteiger partial charge is 0.224 e. The lowest BCUT2D eigenvalue weighted by molar-refractivity contribution is -0.134. The van der Waals surface area contributed by atoms with E-state index in [9.17, 15) is 14.3 Å². The Morgan fingerprint density at radius 1 is 1.38 bits per heavy atom. The Morgan fingerprint density at radius 3 is 2.67 bits per heavy atom. The molecule has 0 saturated carbocycles. The number of nitrogens with zero attached hydrogens (tertiary/aromatic N) is 1. The molecule has 2 rings (SSSR count). The normalized spacial score (nSPS) is 19.3. The van der Waals surface area contributed by atoms with E-state index in [1.807, 2.05) is 13.8 Å². The first-order chi connectivity index (χ1) is 11.5. The van der Waals surface area contributed by atoms with Gasteiger partial charge in [-0.15, -0.1) is 0 Å². The zero-order valence-corrected chi connectivity index (χ0v) is 14.4. The Labute approximate surface area is 142 Å². The molecule has 1 amide bonds. The summed E-state index contributed by atoms with van der Waals surface area (Å²) in [5.74, 6) is -0.0535. The van der Waals surface area contributed by atoms with Gasteiger partial charge in [-0.3, -0.25) is 4.79 Å². The van der Waals surface area contributed by atoms with E-state index in [0.717, 1.165) is 6.54 Å². The molecule has 2 N–H and O–H groups in total. The van der Waals surface area contributed by atoms with Crippen molar-refractivity contribution in [3.63, 3.8) is 0 Å². The van der Waals surface area contributed by atoms with Gasteiger partial charge in [0.15, 0.2) is 0 Å². The van der Waals surface area contributed by atoms with Crippen molar-refractivity contribution in [2.24, 2.45) is 5.92 Å². The standard InChI is InChI=1S/C18H27FN2O3/c1-13(2)10-21(18(23)9-16-12-24-8-7-20-16)11-17(22)14-3-5-15(19)6-4-14/h3-6,13,16-17,20,22H,7-12H2,1-2H3. The monoisotopic (exact) mass is 338 g/mol. The van der Waals surface area contributed by atoms with Crippen LogP contribution in [0.25, 0.3) is 0 Å². The molecule has 2 atom stereocenters. The molecule has 0 radical (unpaired) electrons. The summed E-state index contributed by atoms with van der Waals surface area (Å²) in [6.07, 6.45) is -0.480. The van der Waals surface area contributed by atoms with Crippen molar-refractivity contribution < 1.29 is 19.0 Å². The summed E-state index contributed by atoms with van der Waals surface area (Å²) in [6, 6.07) is 5.75. The number of ether oxygens (including phenoxy) is 1. The van der Waals surface area contributed by atoms with Crippen LogP contribution in [0.15, 0.2) is 24.3 Å². The predicted octanol–water partition coefficient (Wildman–Crippen LogP) is 1.72. The highest BCUT2D eigenvalue weighted by atomic mass is 19.1. The number of benzene rings is 1. The minimum atomic E-state index is -0.830. The molecule has 5 nitrogen and oxygen atoms in total. The van der Waals surface area contributed by atoms with Gasteiger partial charge in [-0.25, -0.2) is 4.39 Å². The van der Waals surface area contributed by atoms with Gasteiger partial charge in [0.1, 0.15) is 5.82 Å². The van der Waals surface area contributed by atoms with E-state index >= 15 is 0 Å². The Morgan fingerprint density at radius 2 is 2.08 bits per heavy atom. The largest absolute Gasteiger partial charge is 0.387 e. The van der Waals surface area contributed by atoms with Crippen LogP contribution < -0.4 is 5.32 Å². The SMILES string of the molecule is CC(C)CN(CC(O)c1ccc(F)cc1)C(=O)CC1COCCN1. The van der Waals surface area contributed by atoms with Crippen LogP contribution in [0.4, 0.5) is 4.39 Å². The van der Waals surface area contributed by atoms with E-state index in [1.54, 1.807) is 17.0 Å². The van der Waals surface area contributed by atoms with Gasteiger partial charge in [0.05, 0.1) is 25.9 Å². The van der Waals surface area contributed by atoms with Crippen molar-refractivity contribution in [3.8, 4) is 0 Å². The second-order valence-electron chi connectivity index (χ2n) is 6.69. The van der Waals surface area contributed by atoms with Gasteiger partial charge in [0.25, 0.3) is 0 Å². The number of aliphatic hydroxyl groups is 1. The number of aliphatic hydroxyl groups excluding tert-OH is 1. The number of halogens is 1. The van der Waals surface area contributed by atoms with Crippen LogP contribution in [-0.4, -0.2) is 54.8 Å². The lowest BCUT2D eigenvalue weighted by Crippen LogP contribution is -2.46. The van der Waals surface area contributed by atoms with Gasteiger partial charge in [-0.05, 0) is 23.6 Å². The van der Waals surface area contributed by atoms with E-state index in [4.69, 9.17) is 4.74 Å². The van der Waals surface area contributed by atoms with Crippen LogP contribution in [0.1, 0.15) is 31.9 Å². The summed E-state index contributed by atoms with van der Waals surface area (Å²) in [6.45, 7) is 6.80. The molecule has 0 bridgehead atoms. The molecule has 2 unspecified atom stereocenters. The van der Waals surface area contributed by atoms with E-state index in [1.165, 1.54) is 12.1 Å². The summed E-state index contributed by atoms with van der Waals surface area (Å²) in [4.78, 5) is 14.3. The van der Waals surface area contributed by atoms with E-state index in [0.29, 0.717) is 37.7 Å². The molecule has 134 valence electrons. The highest BCUT2D eigenvalue weighted by Crippen LogP contribution is 2.17. The van der Waals surface area contributed by atoms with Crippen molar-refractivity contribution >= 4 is 5.91 Å². The molecule has 1 aliphatic rings. The third-order valence-electron chi connectivity index (χ3n) is 4.01. The average Bonchev–Trinajstić information content (AvgIpc) is 2.55. The number of hydrogen-bond donors (Lipinski definition) is 2. The number of hydrogen-bond acceptors (Lipinski definition) is 4. The maximum Gasteiger partial charge on any atom is 0.224 e. The molecule has 0 aliphatic carbocycles. The number of nitrogens with one attached hydrogen (secondary N) is 1. The second-order valence-corrected chi connectivity index (χ2v) is 6.69. The molecule has 1 saturated heterocycles. The summed E-state index contributed by atoms with van der Waals surface area (Å²) in [5, 5.41) is 13.7. The van der Waals surface area contributed by atoms with Gasteiger partial charge < -0.3 is 20.1 Å². The molecule has 0 spiro atoms. The zero-order chi connectivity index (χ0) is 17.5. The molecule has 1 aromatic carbocycles. The highest BCUT2D eigenvalue weighted by Gasteiger charge is 2.24. The van der Waals surface area contributed by atoms with Crippen LogP contribution >= 0.6 is 0 Å². The Bertz CT molecular complexity index is 516. The fourth-order valence-electron chi connectivity index (χ4n) is 2.81. The van der Waals surface area contributed by atoms with E-state index < -0.39 is 6.10 Å². The van der Waals surface area contributed by atoms with Gasteiger partial charge in [-0.2, -0.15) is 0 Å². The predicted molar refractivity (Wildman–Crippen MR) is 90.0 cm³/mol. The summed E-state index contributed by atoms with van der Waals surface area (Å²) in [5.41, 5.74) is 0.608. The summed E-state index contributed by atoms with van der Waals surface area (Å²) in [7, 11) is 0. The molecular formula is C18H27FN2O3. The number of carbonyl (C=O) groups is 1. The number of morpholine rings is 1. The molecule has 1 fully saturated rings. The minimum absolute atomic E-state index is 0.00661. The first kappa shape index (κ1) is 18.8. The first-order valence-electron chi connectivity index (χ1n) is 8.48. The minimum Gasteiger partial charge on any atom is -0.387 e. The Kier molecular flexibility index (Phi) is 7.15. The second kappa shape index (κ2) is 9.11. The zero-order valence-electron chi connectivity index (χ0n) is 14.4. The molecule has 0 aromatic heterocycles. The van der Waals surface area contributed by atoms with Crippen LogP contribution in [0.5, 0.6) is 0 Å². The van der Waals surface area contributed by atoms with Gasteiger partial charge >= 0.3 is 0 Å². The topological polar surface area (TPSA) is 61.8 Å². The van der Waals surface area contributed by atoms with Gasteiger partial charge in [0, 0.05) is 25.6 Å². The van der Waals surface area contributed by atoms with Crippen molar-refractivity contribution in [1.29, 1.82) is 0 Å². The van der Waals surface area contributed by atoms with Crippen molar-refractivity contribution in [1.82, 2.24) is 10.2 Å². The number of amides is 1. The lowest BCUT2D eigenvalue weighted by atomic mass is 10.1.